The number of nitrogens with one attached hydrogen (secondary N) is 2. The number of likely N-dealkylation sites (N-methyl/N-ethyl adjacent to an activating group) is 1. The summed E-state index contributed by atoms with van der Waals surface area (Å²) in [4.78, 5) is 15.8. The van der Waals surface area contributed by atoms with Gasteiger partial charge in [-0.2, -0.15) is 0 Å². The molecule has 122 valence electrons. The molecule has 1 unspecified atom stereocenters. The minimum absolute atomic E-state index is 0.0638. The van der Waals surface area contributed by atoms with Crippen LogP contribution in [0, 0.1) is 0 Å². The Hall–Kier alpha value is -1.75. The van der Waals surface area contributed by atoms with Gasteiger partial charge in [0.2, 0.25) is 5.91 Å². The lowest BCUT2D eigenvalue weighted by atomic mass is 9.88. The van der Waals surface area contributed by atoms with E-state index in [2.05, 4.69) is 52.9 Å². The molecule has 1 saturated heterocycles. The summed E-state index contributed by atoms with van der Waals surface area (Å²) < 4.78 is 0. The van der Waals surface area contributed by atoms with Crippen molar-refractivity contribution in [2.45, 2.75) is 31.7 Å². The van der Waals surface area contributed by atoms with Crippen molar-refractivity contribution in [3.63, 3.8) is 0 Å². The standard InChI is InChI=1S/C18H23N3OS/c1-18(9-10-23-17(21-18)20-12-16(22)19-2)15-8-7-13-5-3-4-6-14(13)11-15/h5-8,11H,3-4,9-10,12H2,1-2H3,(H,19,22)(H,20,21). The molecule has 1 atom stereocenters. The molecule has 2 aliphatic rings. The van der Waals surface area contributed by atoms with Crippen molar-refractivity contribution in [3.8, 4) is 0 Å². The number of hydrogen-bond donors (Lipinski definition) is 2. The van der Waals surface area contributed by atoms with E-state index in [9.17, 15) is 4.79 Å². The highest BCUT2D eigenvalue weighted by molar-refractivity contribution is 8.13. The van der Waals surface area contributed by atoms with E-state index in [1.165, 1.54) is 16.0 Å². The third-order valence-corrected chi connectivity index (χ3v) is 5.40. The maximum atomic E-state index is 11.4. The molecule has 5 heteroatoms. The number of fused-ring (bicyclic) bond motifs is 1. The minimum Gasteiger partial charge on any atom is -0.358 e. The number of thioether (sulfide) groups is 1. The highest BCUT2D eigenvalue weighted by atomic mass is 32.2. The molecule has 0 saturated carbocycles. The molecule has 1 amide bonds. The van der Waals surface area contributed by atoms with Crippen LogP contribution in [0.2, 0.25) is 0 Å². The summed E-state index contributed by atoms with van der Waals surface area (Å²) in [6.45, 7) is 2.39. The van der Waals surface area contributed by atoms with Crippen LogP contribution in [0.25, 0.3) is 12.2 Å². The molecule has 1 aromatic rings. The molecule has 1 fully saturated rings. The van der Waals surface area contributed by atoms with E-state index in [4.69, 9.17) is 0 Å². The van der Waals surface area contributed by atoms with Crippen LogP contribution in [-0.2, 0) is 10.3 Å². The van der Waals surface area contributed by atoms with Crippen LogP contribution < -0.4 is 21.1 Å². The molecule has 0 spiro atoms. The molecule has 2 N–H and O–H groups in total. The summed E-state index contributed by atoms with van der Waals surface area (Å²) in [6.07, 6.45) is 7.92. The third-order valence-electron chi connectivity index (χ3n) is 4.49. The first-order valence-electron chi connectivity index (χ1n) is 8.08. The van der Waals surface area contributed by atoms with Crippen LogP contribution in [0.5, 0.6) is 0 Å². The quantitative estimate of drug-likeness (QED) is 0.873. The second-order valence-electron chi connectivity index (χ2n) is 6.18. The molecule has 1 aliphatic heterocycles. The van der Waals surface area contributed by atoms with Gasteiger partial charge in [0, 0.05) is 12.8 Å². The number of nitrogens with zero attached hydrogens (tertiary/aromatic N) is 1. The molecule has 4 nitrogen and oxygen atoms in total. The lowest BCUT2D eigenvalue weighted by molar-refractivity contribution is -0.119. The van der Waals surface area contributed by atoms with E-state index in [1.807, 2.05) is 0 Å². The molecule has 0 aromatic heterocycles. The van der Waals surface area contributed by atoms with Gasteiger partial charge in [-0.15, -0.1) is 0 Å². The number of carbonyl (C=O) groups excluding carboxylic acids is 1. The molecule has 23 heavy (non-hydrogen) atoms. The zero-order valence-corrected chi connectivity index (χ0v) is 14.5. The Morgan fingerprint density at radius 3 is 2.91 bits per heavy atom. The number of rotatable bonds is 3. The van der Waals surface area contributed by atoms with Gasteiger partial charge in [-0.3, -0.25) is 9.79 Å². The van der Waals surface area contributed by atoms with Crippen molar-refractivity contribution in [2.24, 2.45) is 4.99 Å². The van der Waals surface area contributed by atoms with E-state index in [-0.39, 0.29) is 18.0 Å². The Kier molecular flexibility index (Phi) is 4.76. The highest BCUT2D eigenvalue weighted by Crippen LogP contribution is 2.30. The minimum atomic E-state index is -0.132. The van der Waals surface area contributed by atoms with Crippen LogP contribution in [0.3, 0.4) is 0 Å². The zero-order chi connectivity index (χ0) is 16.3. The number of amidine groups is 1. The van der Waals surface area contributed by atoms with Gasteiger partial charge in [-0.05, 0) is 48.3 Å². The summed E-state index contributed by atoms with van der Waals surface area (Å²) in [5.41, 5.74) is 1.16. The Labute approximate surface area is 141 Å². The summed E-state index contributed by atoms with van der Waals surface area (Å²) in [7, 11) is 1.63. The van der Waals surface area contributed by atoms with E-state index >= 15 is 0 Å². The molecule has 0 radical (unpaired) electrons. The van der Waals surface area contributed by atoms with E-state index in [0.717, 1.165) is 30.2 Å². The second kappa shape index (κ2) is 6.79. The van der Waals surface area contributed by atoms with E-state index in [0.29, 0.717) is 0 Å². The smallest absolute Gasteiger partial charge is 0.241 e. The zero-order valence-electron chi connectivity index (χ0n) is 13.7. The SMILES string of the molecule is CNC(=O)CN=C1NC(C)(c2ccc3c(c2)=CCCC=3)CCS1. The second-order valence-corrected chi connectivity index (χ2v) is 7.26. The monoisotopic (exact) mass is 329 g/mol. The largest absolute Gasteiger partial charge is 0.358 e. The predicted octanol–water partition coefficient (Wildman–Crippen LogP) is 1.09. The molecule has 1 aliphatic carbocycles. The van der Waals surface area contributed by atoms with Crippen LogP contribution in [-0.4, -0.2) is 30.4 Å². The predicted molar refractivity (Wildman–Crippen MR) is 97.8 cm³/mol. The molecule has 1 heterocycles. The topological polar surface area (TPSA) is 53.5 Å². The third kappa shape index (κ3) is 3.61. The maximum absolute atomic E-state index is 11.4. The average molecular weight is 329 g/mol. The lowest BCUT2D eigenvalue weighted by Gasteiger charge is -2.36. The number of benzene rings is 1. The summed E-state index contributed by atoms with van der Waals surface area (Å²) in [5.74, 6) is 0.939. The Morgan fingerprint density at radius 1 is 1.35 bits per heavy atom. The first-order valence-corrected chi connectivity index (χ1v) is 9.06. The Balaban J connectivity index is 1.85. The Bertz CT molecular complexity index is 756. The van der Waals surface area contributed by atoms with E-state index < -0.39 is 0 Å². The van der Waals surface area contributed by atoms with Crippen molar-refractivity contribution in [1.82, 2.24) is 10.6 Å². The molecular formula is C18H23N3OS. The molecule has 1 aromatic carbocycles. The van der Waals surface area contributed by atoms with Crippen LogP contribution in [0.1, 0.15) is 31.7 Å². The fourth-order valence-electron chi connectivity index (χ4n) is 2.97. The van der Waals surface area contributed by atoms with Gasteiger partial charge in [-0.25, -0.2) is 0 Å². The summed E-state index contributed by atoms with van der Waals surface area (Å²) in [6, 6.07) is 6.73. The number of amides is 1. The van der Waals surface area contributed by atoms with Crippen molar-refractivity contribution in [1.29, 1.82) is 0 Å². The molecular weight excluding hydrogens is 306 g/mol. The van der Waals surface area contributed by atoms with Gasteiger partial charge in [0.15, 0.2) is 5.17 Å². The van der Waals surface area contributed by atoms with E-state index in [1.54, 1.807) is 18.8 Å². The van der Waals surface area contributed by atoms with Gasteiger partial charge in [-0.1, -0.05) is 36.0 Å². The summed E-state index contributed by atoms with van der Waals surface area (Å²) >= 11 is 1.69. The fourth-order valence-corrected chi connectivity index (χ4v) is 4.13. The molecule has 3 rings (SSSR count). The van der Waals surface area contributed by atoms with Gasteiger partial charge < -0.3 is 10.6 Å². The molecule has 0 bridgehead atoms. The van der Waals surface area contributed by atoms with Crippen LogP contribution in [0.4, 0.5) is 0 Å². The van der Waals surface area contributed by atoms with Crippen LogP contribution in [0.15, 0.2) is 23.2 Å². The van der Waals surface area contributed by atoms with Crippen molar-refractivity contribution in [2.75, 3.05) is 19.3 Å². The summed E-state index contributed by atoms with van der Waals surface area (Å²) in [5, 5.41) is 9.67. The van der Waals surface area contributed by atoms with Crippen molar-refractivity contribution >= 4 is 35.0 Å². The van der Waals surface area contributed by atoms with Crippen molar-refractivity contribution in [3.05, 3.63) is 34.2 Å². The number of carbonyl (C=O) groups is 1. The Morgan fingerprint density at radius 2 is 2.13 bits per heavy atom. The van der Waals surface area contributed by atoms with Gasteiger partial charge >= 0.3 is 0 Å². The van der Waals surface area contributed by atoms with Gasteiger partial charge in [0.05, 0.1) is 5.54 Å². The average Bonchev–Trinajstić information content (AvgIpc) is 2.59. The fraction of sp³-hybridized carbons (Fsp3) is 0.444. The van der Waals surface area contributed by atoms with Crippen LogP contribution >= 0.6 is 11.8 Å². The van der Waals surface area contributed by atoms with Crippen molar-refractivity contribution < 1.29 is 4.79 Å². The van der Waals surface area contributed by atoms with Gasteiger partial charge in [0.25, 0.3) is 0 Å². The lowest BCUT2D eigenvalue weighted by Crippen LogP contribution is -2.47. The number of hydrogen-bond acceptors (Lipinski definition) is 3. The highest BCUT2D eigenvalue weighted by Gasteiger charge is 2.31. The number of aliphatic imine (C=N–C) groups is 1. The van der Waals surface area contributed by atoms with Gasteiger partial charge in [0.1, 0.15) is 6.54 Å². The maximum Gasteiger partial charge on any atom is 0.241 e. The first-order chi connectivity index (χ1) is 11.1. The normalized spacial score (nSPS) is 24.9. The first kappa shape index (κ1) is 16.1.